The summed E-state index contributed by atoms with van der Waals surface area (Å²) in [5.41, 5.74) is -0.157. The minimum Gasteiger partial charge on any atom is -0.383 e. The van der Waals surface area contributed by atoms with E-state index in [9.17, 15) is 5.11 Å². The maximum atomic E-state index is 10.2. The first-order chi connectivity index (χ1) is 6.66. The molecule has 79 valence electrons. The minimum absolute atomic E-state index is 0.659. The van der Waals surface area contributed by atoms with Crippen molar-refractivity contribution in [3.05, 3.63) is 18.8 Å². The SMILES string of the molecule is [CH2]CCn1cc(C(O)(CC)CC)nn1. The predicted octanol–water partition coefficient (Wildman–Crippen LogP) is 1.51. The largest absolute Gasteiger partial charge is 0.383 e. The summed E-state index contributed by atoms with van der Waals surface area (Å²) in [5, 5.41) is 18.1. The number of aliphatic hydroxyl groups is 1. The smallest absolute Gasteiger partial charge is 0.114 e. The van der Waals surface area contributed by atoms with Crippen molar-refractivity contribution in [2.24, 2.45) is 0 Å². The summed E-state index contributed by atoms with van der Waals surface area (Å²) in [6.45, 7) is 8.38. The van der Waals surface area contributed by atoms with E-state index in [0.717, 1.165) is 13.0 Å². The highest BCUT2D eigenvalue weighted by atomic mass is 16.3. The Bertz CT molecular complexity index is 279. The van der Waals surface area contributed by atoms with Crippen LogP contribution in [0, 0.1) is 6.92 Å². The molecule has 1 N–H and O–H groups in total. The van der Waals surface area contributed by atoms with Crippen LogP contribution in [0.2, 0.25) is 0 Å². The Hall–Kier alpha value is -0.900. The zero-order chi connectivity index (χ0) is 10.6. The second-order valence-electron chi connectivity index (χ2n) is 3.46. The molecule has 0 bridgehead atoms. The summed E-state index contributed by atoms with van der Waals surface area (Å²) >= 11 is 0. The molecule has 4 heteroatoms. The first kappa shape index (κ1) is 11.2. The Labute approximate surface area is 84.9 Å². The van der Waals surface area contributed by atoms with Gasteiger partial charge in [0.1, 0.15) is 11.3 Å². The summed E-state index contributed by atoms with van der Waals surface area (Å²) in [5.74, 6) is 0. The molecule has 0 spiro atoms. The normalized spacial score (nSPS) is 12.0. The monoisotopic (exact) mass is 196 g/mol. The zero-order valence-corrected chi connectivity index (χ0v) is 8.90. The van der Waals surface area contributed by atoms with Crippen LogP contribution in [-0.4, -0.2) is 20.1 Å². The first-order valence-electron chi connectivity index (χ1n) is 5.08. The second kappa shape index (κ2) is 4.55. The van der Waals surface area contributed by atoms with Gasteiger partial charge in [0, 0.05) is 6.54 Å². The summed E-state index contributed by atoms with van der Waals surface area (Å²) in [6, 6.07) is 0. The molecule has 1 aromatic heterocycles. The van der Waals surface area contributed by atoms with Crippen molar-refractivity contribution in [2.45, 2.75) is 45.3 Å². The number of hydrogen-bond donors (Lipinski definition) is 1. The Morgan fingerprint density at radius 3 is 2.64 bits per heavy atom. The van der Waals surface area contributed by atoms with E-state index in [-0.39, 0.29) is 0 Å². The first-order valence-corrected chi connectivity index (χ1v) is 5.08. The topological polar surface area (TPSA) is 50.9 Å². The van der Waals surface area contributed by atoms with Crippen molar-refractivity contribution < 1.29 is 5.11 Å². The van der Waals surface area contributed by atoms with Gasteiger partial charge >= 0.3 is 0 Å². The molecule has 1 heterocycles. The summed E-state index contributed by atoms with van der Waals surface area (Å²) in [4.78, 5) is 0. The molecule has 0 aliphatic rings. The van der Waals surface area contributed by atoms with Crippen molar-refractivity contribution in [2.75, 3.05) is 0 Å². The fourth-order valence-electron chi connectivity index (χ4n) is 1.40. The lowest BCUT2D eigenvalue weighted by atomic mass is 9.94. The van der Waals surface area contributed by atoms with E-state index in [2.05, 4.69) is 17.2 Å². The highest BCUT2D eigenvalue weighted by Gasteiger charge is 2.28. The number of aryl methyl sites for hydroxylation is 1. The van der Waals surface area contributed by atoms with Gasteiger partial charge in [-0.15, -0.1) is 5.10 Å². The van der Waals surface area contributed by atoms with Crippen LogP contribution in [0.1, 0.15) is 38.8 Å². The number of nitrogens with zero attached hydrogens (tertiary/aromatic N) is 3. The molecule has 0 saturated heterocycles. The van der Waals surface area contributed by atoms with Crippen molar-refractivity contribution >= 4 is 0 Å². The quantitative estimate of drug-likeness (QED) is 0.776. The van der Waals surface area contributed by atoms with Gasteiger partial charge < -0.3 is 5.11 Å². The fraction of sp³-hybridized carbons (Fsp3) is 0.700. The van der Waals surface area contributed by atoms with Gasteiger partial charge in [0.15, 0.2) is 0 Å². The van der Waals surface area contributed by atoms with E-state index in [1.807, 2.05) is 13.8 Å². The van der Waals surface area contributed by atoms with Crippen LogP contribution in [0.5, 0.6) is 0 Å². The third-order valence-electron chi connectivity index (χ3n) is 2.57. The molecule has 1 radical (unpaired) electrons. The molecular formula is C10H18N3O. The van der Waals surface area contributed by atoms with Crippen LogP contribution in [0.15, 0.2) is 6.20 Å². The van der Waals surface area contributed by atoms with Crippen molar-refractivity contribution in [1.82, 2.24) is 15.0 Å². The summed E-state index contributed by atoms with van der Waals surface area (Å²) in [7, 11) is 0. The third-order valence-corrected chi connectivity index (χ3v) is 2.57. The van der Waals surface area contributed by atoms with E-state index in [0.29, 0.717) is 18.5 Å². The maximum Gasteiger partial charge on any atom is 0.114 e. The molecule has 1 rings (SSSR count). The number of aromatic nitrogens is 3. The van der Waals surface area contributed by atoms with Gasteiger partial charge in [-0.1, -0.05) is 26.0 Å². The average Bonchev–Trinajstić information content (AvgIpc) is 2.66. The van der Waals surface area contributed by atoms with Gasteiger partial charge in [0.25, 0.3) is 0 Å². The Kier molecular flexibility index (Phi) is 3.63. The summed E-state index contributed by atoms with van der Waals surface area (Å²) in [6.07, 6.45) is 3.90. The molecule has 0 atom stereocenters. The Morgan fingerprint density at radius 1 is 1.50 bits per heavy atom. The van der Waals surface area contributed by atoms with Gasteiger partial charge in [-0.25, -0.2) is 0 Å². The Morgan fingerprint density at radius 2 is 2.14 bits per heavy atom. The van der Waals surface area contributed by atoms with Crippen LogP contribution in [0.25, 0.3) is 0 Å². The van der Waals surface area contributed by atoms with E-state index >= 15 is 0 Å². The molecule has 14 heavy (non-hydrogen) atoms. The molecule has 0 unspecified atom stereocenters. The maximum absolute atomic E-state index is 10.2. The third kappa shape index (κ3) is 2.12. The molecule has 0 fully saturated rings. The standard InChI is InChI=1S/C10H18N3O/c1-4-7-13-8-9(11-12-13)10(14,5-2)6-3/h8,14H,1,4-7H2,2-3H3. The van der Waals surface area contributed by atoms with Crippen LogP contribution in [-0.2, 0) is 12.1 Å². The van der Waals surface area contributed by atoms with E-state index < -0.39 is 5.60 Å². The van der Waals surface area contributed by atoms with Crippen LogP contribution >= 0.6 is 0 Å². The van der Waals surface area contributed by atoms with Crippen LogP contribution < -0.4 is 0 Å². The molecule has 0 amide bonds. The lowest BCUT2D eigenvalue weighted by molar-refractivity contribution is 0.0239. The highest BCUT2D eigenvalue weighted by Crippen LogP contribution is 2.25. The lowest BCUT2D eigenvalue weighted by Gasteiger charge is -2.21. The summed E-state index contributed by atoms with van der Waals surface area (Å²) < 4.78 is 1.72. The molecule has 0 aliphatic carbocycles. The highest BCUT2D eigenvalue weighted by molar-refractivity contribution is 5.05. The van der Waals surface area contributed by atoms with Gasteiger partial charge in [0.2, 0.25) is 0 Å². The molecule has 1 aromatic rings. The molecular weight excluding hydrogens is 178 g/mol. The average molecular weight is 196 g/mol. The van der Waals surface area contributed by atoms with Gasteiger partial charge in [-0.2, -0.15) is 0 Å². The van der Waals surface area contributed by atoms with Gasteiger partial charge in [-0.3, -0.25) is 4.68 Å². The van der Waals surface area contributed by atoms with Crippen molar-refractivity contribution in [3.63, 3.8) is 0 Å². The Balaban J connectivity index is 2.84. The van der Waals surface area contributed by atoms with Crippen molar-refractivity contribution in [1.29, 1.82) is 0 Å². The van der Waals surface area contributed by atoms with Crippen LogP contribution in [0.4, 0.5) is 0 Å². The van der Waals surface area contributed by atoms with Gasteiger partial charge in [-0.05, 0) is 19.3 Å². The van der Waals surface area contributed by atoms with Crippen molar-refractivity contribution in [3.8, 4) is 0 Å². The van der Waals surface area contributed by atoms with E-state index in [4.69, 9.17) is 0 Å². The number of hydrogen-bond acceptors (Lipinski definition) is 3. The molecule has 0 saturated carbocycles. The molecule has 0 aromatic carbocycles. The zero-order valence-electron chi connectivity index (χ0n) is 8.90. The number of rotatable bonds is 5. The second-order valence-corrected chi connectivity index (χ2v) is 3.46. The molecule has 4 nitrogen and oxygen atoms in total. The van der Waals surface area contributed by atoms with E-state index in [1.165, 1.54) is 0 Å². The van der Waals surface area contributed by atoms with Crippen LogP contribution in [0.3, 0.4) is 0 Å². The molecule has 0 aliphatic heterocycles. The lowest BCUT2D eigenvalue weighted by Crippen LogP contribution is -2.23. The van der Waals surface area contributed by atoms with Gasteiger partial charge in [0.05, 0.1) is 6.20 Å². The van der Waals surface area contributed by atoms with E-state index in [1.54, 1.807) is 10.9 Å². The fourth-order valence-corrected chi connectivity index (χ4v) is 1.40. The predicted molar refractivity (Wildman–Crippen MR) is 54.5 cm³/mol. The minimum atomic E-state index is -0.820.